The van der Waals surface area contributed by atoms with E-state index in [9.17, 15) is 9.18 Å². The minimum atomic E-state index is -0.281. The van der Waals surface area contributed by atoms with Gasteiger partial charge >= 0.3 is 0 Å². The average molecular weight is 339 g/mol. The van der Waals surface area contributed by atoms with E-state index in [1.54, 1.807) is 18.2 Å². The van der Waals surface area contributed by atoms with Crippen LogP contribution in [0.15, 0.2) is 60.7 Å². The molecule has 1 N–H and O–H groups in total. The first-order valence-corrected chi connectivity index (χ1v) is 8.53. The Bertz CT molecular complexity index is 737. The molecule has 1 saturated heterocycles. The SMILES string of the molecule is O=C(/C=C/c1ccccc1)NCC1(c2cccc(F)c2)CCOCC1. The maximum atomic E-state index is 13.7. The number of halogens is 1. The summed E-state index contributed by atoms with van der Waals surface area (Å²) in [5, 5.41) is 2.98. The van der Waals surface area contributed by atoms with Crippen LogP contribution in [0.3, 0.4) is 0 Å². The van der Waals surface area contributed by atoms with E-state index in [1.807, 2.05) is 36.4 Å². The van der Waals surface area contributed by atoms with E-state index < -0.39 is 0 Å². The second-order valence-corrected chi connectivity index (χ2v) is 6.36. The van der Waals surface area contributed by atoms with Crippen molar-refractivity contribution in [1.29, 1.82) is 0 Å². The smallest absolute Gasteiger partial charge is 0.244 e. The van der Waals surface area contributed by atoms with Crippen LogP contribution in [0.5, 0.6) is 0 Å². The van der Waals surface area contributed by atoms with Crippen molar-refractivity contribution >= 4 is 12.0 Å². The normalized spacial score (nSPS) is 16.7. The Labute approximate surface area is 147 Å². The van der Waals surface area contributed by atoms with E-state index in [2.05, 4.69) is 5.32 Å². The third-order valence-electron chi connectivity index (χ3n) is 4.71. The minimum Gasteiger partial charge on any atom is -0.381 e. The summed E-state index contributed by atoms with van der Waals surface area (Å²) in [7, 11) is 0. The van der Waals surface area contributed by atoms with E-state index in [4.69, 9.17) is 4.74 Å². The number of hydrogen-bond donors (Lipinski definition) is 1. The monoisotopic (exact) mass is 339 g/mol. The number of carbonyl (C=O) groups is 1. The fraction of sp³-hybridized carbons (Fsp3) is 0.286. The van der Waals surface area contributed by atoms with Crippen LogP contribution in [-0.4, -0.2) is 25.7 Å². The predicted molar refractivity (Wildman–Crippen MR) is 96.6 cm³/mol. The molecule has 0 atom stereocenters. The Balaban J connectivity index is 1.69. The maximum Gasteiger partial charge on any atom is 0.244 e. The molecule has 1 aliphatic rings. The van der Waals surface area contributed by atoms with Gasteiger partial charge in [0.15, 0.2) is 0 Å². The van der Waals surface area contributed by atoms with Gasteiger partial charge in [0.2, 0.25) is 5.91 Å². The van der Waals surface area contributed by atoms with Crippen LogP contribution in [0.2, 0.25) is 0 Å². The summed E-state index contributed by atoms with van der Waals surface area (Å²) >= 11 is 0. The lowest BCUT2D eigenvalue weighted by atomic mass is 9.74. The van der Waals surface area contributed by atoms with E-state index in [-0.39, 0.29) is 17.1 Å². The first-order chi connectivity index (χ1) is 12.2. The van der Waals surface area contributed by atoms with Crippen molar-refractivity contribution < 1.29 is 13.9 Å². The van der Waals surface area contributed by atoms with Gasteiger partial charge in [-0.1, -0.05) is 42.5 Å². The molecule has 1 heterocycles. The Kier molecular flexibility index (Phi) is 5.61. The van der Waals surface area contributed by atoms with Gasteiger partial charge in [0.05, 0.1) is 0 Å². The molecule has 3 rings (SSSR count). The molecule has 0 aliphatic carbocycles. The summed E-state index contributed by atoms with van der Waals surface area (Å²) in [4.78, 5) is 12.2. The third kappa shape index (κ3) is 4.54. The van der Waals surface area contributed by atoms with Crippen molar-refractivity contribution in [3.63, 3.8) is 0 Å². The summed E-state index contributed by atoms with van der Waals surface area (Å²) in [5.74, 6) is -0.398. The zero-order valence-electron chi connectivity index (χ0n) is 14.1. The second-order valence-electron chi connectivity index (χ2n) is 6.36. The largest absolute Gasteiger partial charge is 0.381 e. The molecule has 3 nitrogen and oxygen atoms in total. The van der Waals surface area contributed by atoms with Crippen LogP contribution in [0.25, 0.3) is 6.08 Å². The summed E-state index contributed by atoms with van der Waals surface area (Å²) in [6.45, 7) is 1.70. The summed E-state index contributed by atoms with van der Waals surface area (Å²) in [5.41, 5.74) is 1.61. The lowest BCUT2D eigenvalue weighted by molar-refractivity contribution is -0.116. The standard InChI is InChI=1S/C21H22FNO2/c22-19-8-4-7-18(15-19)21(11-13-25-14-12-21)16-23-20(24)10-9-17-5-2-1-3-6-17/h1-10,15H,11-14,16H2,(H,23,24)/b10-9+. The van der Waals surface area contributed by atoms with Crippen LogP contribution < -0.4 is 5.32 Å². The molecular formula is C21H22FNO2. The van der Waals surface area contributed by atoms with Crippen LogP contribution in [0.4, 0.5) is 4.39 Å². The number of ether oxygens (including phenoxy) is 1. The summed E-state index contributed by atoms with van der Waals surface area (Å²) < 4.78 is 19.1. The van der Waals surface area contributed by atoms with Crippen molar-refractivity contribution in [2.45, 2.75) is 18.3 Å². The molecule has 0 saturated carbocycles. The van der Waals surface area contributed by atoms with Gasteiger partial charge in [0.1, 0.15) is 5.82 Å². The van der Waals surface area contributed by atoms with Gasteiger partial charge in [-0.25, -0.2) is 4.39 Å². The number of amides is 1. The van der Waals surface area contributed by atoms with Crippen molar-refractivity contribution in [2.24, 2.45) is 0 Å². The molecule has 4 heteroatoms. The van der Waals surface area contributed by atoms with Crippen LogP contribution in [0.1, 0.15) is 24.0 Å². The van der Waals surface area contributed by atoms with Gasteiger partial charge in [-0.15, -0.1) is 0 Å². The highest BCUT2D eigenvalue weighted by Crippen LogP contribution is 2.34. The number of nitrogens with one attached hydrogen (secondary N) is 1. The zero-order valence-corrected chi connectivity index (χ0v) is 14.1. The molecule has 1 aliphatic heterocycles. The Morgan fingerprint density at radius 3 is 2.60 bits per heavy atom. The van der Waals surface area contributed by atoms with E-state index in [0.717, 1.165) is 24.0 Å². The molecule has 130 valence electrons. The summed E-state index contributed by atoms with van der Waals surface area (Å²) in [6.07, 6.45) is 4.85. The van der Waals surface area contributed by atoms with Crippen LogP contribution >= 0.6 is 0 Å². The van der Waals surface area contributed by atoms with Gasteiger partial charge in [-0.2, -0.15) is 0 Å². The van der Waals surface area contributed by atoms with Gasteiger partial charge in [-0.3, -0.25) is 4.79 Å². The van der Waals surface area contributed by atoms with E-state index in [0.29, 0.717) is 19.8 Å². The van der Waals surface area contributed by atoms with Crippen molar-refractivity contribution in [3.8, 4) is 0 Å². The van der Waals surface area contributed by atoms with Crippen molar-refractivity contribution in [1.82, 2.24) is 5.32 Å². The van der Waals surface area contributed by atoms with Gasteiger partial charge < -0.3 is 10.1 Å². The maximum absolute atomic E-state index is 13.7. The fourth-order valence-corrected chi connectivity index (χ4v) is 3.20. The minimum absolute atomic E-state index is 0.147. The van der Waals surface area contributed by atoms with Crippen LogP contribution in [-0.2, 0) is 14.9 Å². The predicted octanol–water partition coefficient (Wildman–Crippen LogP) is 3.70. The molecule has 1 fully saturated rings. The molecule has 0 bridgehead atoms. The number of benzene rings is 2. The van der Waals surface area contributed by atoms with Crippen molar-refractivity contribution in [3.05, 3.63) is 77.6 Å². The van der Waals surface area contributed by atoms with Gasteiger partial charge in [0.25, 0.3) is 0 Å². The average Bonchev–Trinajstić information content (AvgIpc) is 2.66. The first kappa shape index (κ1) is 17.4. The first-order valence-electron chi connectivity index (χ1n) is 8.53. The van der Waals surface area contributed by atoms with Gasteiger partial charge in [0, 0.05) is 31.2 Å². The molecule has 0 radical (unpaired) electrons. The lowest BCUT2D eigenvalue weighted by Gasteiger charge is -2.37. The second kappa shape index (κ2) is 8.08. The Morgan fingerprint density at radius 1 is 1.12 bits per heavy atom. The Hall–Kier alpha value is -2.46. The number of carbonyl (C=O) groups excluding carboxylic acids is 1. The number of rotatable bonds is 5. The van der Waals surface area contributed by atoms with E-state index in [1.165, 1.54) is 12.1 Å². The topological polar surface area (TPSA) is 38.3 Å². The molecule has 0 unspecified atom stereocenters. The Morgan fingerprint density at radius 2 is 1.88 bits per heavy atom. The quantitative estimate of drug-likeness (QED) is 0.844. The van der Waals surface area contributed by atoms with Gasteiger partial charge in [-0.05, 0) is 42.2 Å². The summed E-state index contributed by atoms with van der Waals surface area (Å²) in [6, 6.07) is 16.3. The van der Waals surface area contributed by atoms with Crippen molar-refractivity contribution in [2.75, 3.05) is 19.8 Å². The highest BCUT2D eigenvalue weighted by Gasteiger charge is 2.34. The molecule has 0 aromatic heterocycles. The molecule has 2 aromatic rings. The third-order valence-corrected chi connectivity index (χ3v) is 4.71. The highest BCUT2D eigenvalue weighted by atomic mass is 19.1. The van der Waals surface area contributed by atoms with Crippen LogP contribution in [0, 0.1) is 5.82 Å². The fourth-order valence-electron chi connectivity index (χ4n) is 3.20. The zero-order chi connectivity index (χ0) is 17.5. The molecule has 25 heavy (non-hydrogen) atoms. The molecule has 1 amide bonds. The highest BCUT2D eigenvalue weighted by molar-refractivity contribution is 5.91. The molecular weight excluding hydrogens is 317 g/mol. The molecule has 0 spiro atoms. The molecule has 2 aromatic carbocycles. The van der Waals surface area contributed by atoms with E-state index >= 15 is 0 Å². The number of hydrogen-bond acceptors (Lipinski definition) is 2. The lowest BCUT2D eigenvalue weighted by Crippen LogP contribution is -2.44.